The van der Waals surface area contributed by atoms with E-state index in [1.54, 1.807) is 9.80 Å². The molecule has 0 saturated carbocycles. The van der Waals surface area contributed by atoms with E-state index >= 15 is 0 Å². The maximum absolute atomic E-state index is 12.2. The fourth-order valence-electron chi connectivity index (χ4n) is 1.99. The van der Waals surface area contributed by atoms with Gasteiger partial charge in [-0.2, -0.15) is 0 Å². The molecule has 1 aliphatic rings. The minimum Gasteiger partial charge on any atom is -0.382 e. The van der Waals surface area contributed by atoms with Crippen LogP contribution in [-0.4, -0.2) is 64.8 Å². The molecule has 1 saturated heterocycles. The number of carbonyl (C=O) groups excluding carboxylic acids is 1. The third-order valence-corrected chi connectivity index (χ3v) is 2.98. The Morgan fingerprint density at radius 3 is 2.47 bits per heavy atom. The van der Waals surface area contributed by atoms with Crippen molar-refractivity contribution in [3.63, 3.8) is 0 Å². The Balaban J connectivity index is 1.95. The van der Waals surface area contributed by atoms with E-state index in [0.29, 0.717) is 26.2 Å². The van der Waals surface area contributed by atoms with Crippen LogP contribution in [0.15, 0.2) is 12.4 Å². The molecular formula is C11H15F2N5O. The maximum Gasteiger partial charge on any atom is 0.276 e. The lowest BCUT2D eigenvalue weighted by molar-refractivity contribution is 0.0456. The number of piperazine rings is 1. The van der Waals surface area contributed by atoms with Crippen LogP contribution < -0.4 is 5.73 Å². The summed E-state index contributed by atoms with van der Waals surface area (Å²) in [7, 11) is 0. The highest BCUT2D eigenvalue weighted by atomic mass is 19.3. The third-order valence-electron chi connectivity index (χ3n) is 2.98. The van der Waals surface area contributed by atoms with Crippen molar-refractivity contribution >= 4 is 11.7 Å². The molecule has 2 heterocycles. The highest BCUT2D eigenvalue weighted by Gasteiger charge is 2.25. The molecule has 1 aromatic heterocycles. The first-order valence-electron chi connectivity index (χ1n) is 5.94. The predicted molar refractivity (Wildman–Crippen MR) is 64.8 cm³/mol. The molecule has 1 aliphatic heterocycles. The van der Waals surface area contributed by atoms with Gasteiger partial charge in [0.1, 0.15) is 0 Å². The maximum atomic E-state index is 12.2. The molecule has 1 fully saturated rings. The Labute approximate surface area is 109 Å². The number of nitrogens with zero attached hydrogens (tertiary/aromatic N) is 4. The molecule has 19 heavy (non-hydrogen) atoms. The summed E-state index contributed by atoms with van der Waals surface area (Å²) in [4.78, 5) is 23.0. The molecule has 0 atom stereocenters. The fourth-order valence-corrected chi connectivity index (χ4v) is 1.99. The Morgan fingerprint density at radius 1 is 1.26 bits per heavy atom. The van der Waals surface area contributed by atoms with Gasteiger partial charge < -0.3 is 10.6 Å². The first-order chi connectivity index (χ1) is 9.08. The standard InChI is InChI=1S/C11H15F2N5O/c12-8(13)7-17-3-5-18(6-4-17)11(19)9-10(14)16-2-1-15-9/h1-2,8H,3-7H2,(H2,14,16). The summed E-state index contributed by atoms with van der Waals surface area (Å²) in [6.07, 6.45) is 0.460. The van der Waals surface area contributed by atoms with Crippen LogP contribution in [0.2, 0.25) is 0 Å². The summed E-state index contributed by atoms with van der Waals surface area (Å²) in [5, 5.41) is 0. The van der Waals surface area contributed by atoms with Crippen molar-refractivity contribution in [1.29, 1.82) is 0 Å². The number of nitrogen functional groups attached to an aromatic ring is 1. The summed E-state index contributed by atoms with van der Waals surface area (Å²) < 4.78 is 24.5. The lowest BCUT2D eigenvalue weighted by Crippen LogP contribution is -2.50. The van der Waals surface area contributed by atoms with Crippen LogP contribution in [0, 0.1) is 0 Å². The van der Waals surface area contributed by atoms with Gasteiger partial charge in [-0.05, 0) is 0 Å². The van der Waals surface area contributed by atoms with Crippen molar-refractivity contribution in [2.45, 2.75) is 6.43 Å². The summed E-state index contributed by atoms with van der Waals surface area (Å²) in [6, 6.07) is 0. The second-order valence-electron chi connectivity index (χ2n) is 4.27. The van der Waals surface area contributed by atoms with Gasteiger partial charge >= 0.3 is 0 Å². The molecule has 2 N–H and O–H groups in total. The minimum absolute atomic E-state index is 0.0857. The molecule has 0 radical (unpaired) electrons. The van der Waals surface area contributed by atoms with Crippen molar-refractivity contribution < 1.29 is 13.6 Å². The third kappa shape index (κ3) is 3.34. The zero-order chi connectivity index (χ0) is 13.8. The van der Waals surface area contributed by atoms with Crippen LogP contribution in [0.3, 0.4) is 0 Å². The van der Waals surface area contributed by atoms with E-state index < -0.39 is 6.43 Å². The number of alkyl halides is 2. The van der Waals surface area contributed by atoms with Crippen molar-refractivity contribution in [3.05, 3.63) is 18.1 Å². The van der Waals surface area contributed by atoms with Crippen LogP contribution in [0.4, 0.5) is 14.6 Å². The average molecular weight is 271 g/mol. The molecule has 0 bridgehead atoms. The minimum atomic E-state index is -2.35. The van der Waals surface area contributed by atoms with E-state index in [4.69, 9.17) is 5.73 Å². The van der Waals surface area contributed by atoms with Gasteiger partial charge in [-0.25, -0.2) is 18.7 Å². The number of rotatable bonds is 3. The Kier molecular flexibility index (Phi) is 4.20. The van der Waals surface area contributed by atoms with Gasteiger partial charge in [0, 0.05) is 38.6 Å². The molecule has 0 unspecified atom stereocenters. The van der Waals surface area contributed by atoms with Gasteiger partial charge in [0.05, 0.1) is 6.54 Å². The number of hydrogen-bond donors (Lipinski definition) is 1. The van der Waals surface area contributed by atoms with Crippen molar-refractivity contribution in [2.75, 3.05) is 38.5 Å². The molecule has 1 amide bonds. The zero-order valence-corrected chi connectivity index (χ0v) is 10.3. The Bertz CT molecular complexity index is 448. The Hall–Kier alpha value is -1.83. The average Bonchev–Trinajstić information content (AvgIpc) is 2.39. The predicted octanol–water partition coefficient (Wildman–Crippen LogP) is 0.0817. The topological polar surface area (TPSA) is 75.3 Å². The Morgan fingerprint density at radius 2 is 1.89 bits per heavy atom. The highest BCUT2D eigenvalue weighted by molar-refractivity contribution is 5.96. The molecule has 0 aromatic carbocycles. The first-order valence-corrected chi connectivity index (χ1v) is 5.94. The molecule has 2 rings (SSSR count). The smallest absolute Gasteiger partial charge is 0.276 e. The number of anilines is 1. The normalized spacial score (nSPS) is 16.9. The quantitative estimate of drug-likeness (QED) is 0.842. The lowest BCUT2D eigenvalue weighted by Gasteiger charge is -2.34. The van der Waals surface area contributed by atoms with Crippen LogP contribution in [0.5, 0.6) is 0 Å². The van der Waals surface area contributed by atoms with Gasteiger partial charge in [0.2, 0.25) is 0 Å². The van der Waals surface area contributed by atoms with E-state index in [-0.39, 0.29) is 24.0 Å². The van der Waals surface area contributed by atoms with E-state index in [9.17, 15) is 13.6 Å². The number of halogens is 2. The summed E-state index contributed by atoms with van der Waals surface area (Å²) in [5.41, 5.74) is 5.71. The van der Waals surface area contributed by atoms with Crippen molar-refractivity contribution in [3.8, 4) is 0 Å². The van der Waals surface area contributed by atoms with Crippen LogP contribution >= 0.6 is 0 Å². The van der Waals surface area contributed by atoms with Crippen LogP contribution in [0.1, 0.15) is 10.5 Å². The molecular weight excluding hydrogens is 256 g/mol. The second kappa shape index (κ2) is 5.87. The fraction of sp³-hybridized carbons (Fsp3) is 0.545. The largest absolute Gasteiger partial charge is 0.382 e. The molecule has 104 valence electrons. The van der Waals surface area contributed by atoms with Gasteiger partial charge in [0.15, 0.2) is 11.5 Å². The number of hydrogen-bond acceptors (Lipinski definition) is 5. The number of aromatic nitrogens is 2. The monoisotopic (exact) mass is 271 g/mol. The zero-order valence-electron chi connectivity index (χ0n) is 10.3. The van der Waals surface area contributed by atoms with Gasteiger partial charge in [-0.15, -0.1) is 0 Å². The van der Waals surface area contributed by atoms with Gasteiger partial charge in [-0.3, -0.25) is 9.69 Å². The SMILES string of the molecule is Nc1nccnc1C(=O)N1CCN(CC(F)F)CC1. The highest BCUT2D eigenvalue weighted by Crippen LogP contribution is 2.11. The van der Waals surface area contributed by atoms with E-state index in [1.165, 1.54) is 12.4 Å². The van der Waals surface area contributed by atoms with Gasteiger partial charge in [0.25, 0.3) is 12.3 Å². The molecule has 1 aromatic rings. The van der Waals surface area contributed by atoms with E-state index in [1.807, 2.05) is 0 Å². The van der Waals surface area contributed by atoms with Crippen LogP contribution in [-0.2, 0) is 0 Å². The van der Waals surface area contributed by atoms with E-state index in [0.717, 1.165) is 0 Å². The van der Waals surface area contributed by atoms with Gasteiger partial charge in [-0.1, -0.05) is 0 Å². The summed E-state index contributed by atoms with van der Waals surface area (Å²) >= 11 is 0. The van der Waals surface area contributed by atoms with Crippen molar-refractivity contribution in [2.24, 2.45) is 0 Å². The number of amides is 1. The summed E-state index contributed by atoms with van der Waals surface area (Å²) in [5.74, 6) is -0.218. The molecule has 0 spiro atoms. The lowest BCUT2D eigenvalue weighted by atomic mass is 10.2. The molecule has 0 aliphatic carbocycles. The number of nitrogens with two attached hydrogens (primary N) is 1. The van der Waals surface area contributed by atoms with Crippen molar-refractivity contribution in [1.82, 2.24) is 19.8 Å². The molecule has 6 nitrogen and oxygen atoms in total. The molecule has 8 heteroatoms. The first kappa shape index (κ1) is 13.6. The van der Waals surface area contributed by atoms with Crippen LogP contribution in [0.25, 0.3) is 0 Å². The second-order valence-corrected chi connectivity index (χ2v) is 4.27. The number of carbonyl (C=O) groups is 1. The van der Waals surface area contributed by atoms with E-state index in [2.05, 4.69) is 9.97 Å². The summed E-state index contributed by atoms with van der Waals surface area (Å²) in [6.45, 7) is 1.38.